The molecule has 0 aliphatic carbocycles. The maximum atomic E-state index is 2.38. The van der Waals surface area contributed by atoms with E-state index < -0.39 is 0 Å². The first-order valence-corrected chi connectivity index (χ1v) is 13.2. The Morgan fingerprint density at radius 1 is 0.441 bits per heavy atom. The first-order chi connectivity index (χ1) is 15.8. The minimum Gasteiger partial charge on any atom is -0.0620 e. The molecule has 0 radical (unpaired) electrons. The van der Waals surface area contributed by atoms with Gasteiger partial charge in [0.25, 0.3) is 0 Å². The fourth-order valence-corrected chi connectivity index (χ4v) is 4.51. The van der Waals surface area contributed by atoms with Crippen LogP contribution in [-0.2, 0) is 5.41 Å². The molecule has 34 heavy (non-hydrogen) atoms. The Kier molecular flexibility index (Phi) is 9.74. The molecule has 0 saturated heterocycles. The molecular weight excluding hydrogens is 408 g/mol. The second-order valence-electron chi connectivity index (χ2n) is 11.9. The van der Waals surface area contributed by atoms with Crippen molar-refractivity contribution in [3.05, 3.63) is 94.5 Å². The zero-order chi connectivity index (χ0) is 25.6. The summed E-state index contributed by atoms with van der Waals surface area (Å²) >= 11 is 0. The van der Waals surface area contributed by atoms with Crippen molar-refractivity contribution in [3.8, 4) is 11.1 Å². The average molecular weight is 457 g/mol. The van der Waals surface area contributed by atoms with Crippen molar-refractivity contribution in [3.63, 3.8) is 0 Å². The van der Waals surface area contributed by atoms with Gasteiger partial charge in [-0.1, -0.05) is 143 Å². The highest BCUT2D eigenvalue weighted by Crippen LogP contribution is 2.32. The van der Waals surface area contributed by atoms with E-state index in [0.29, 0.717) is 23.7 Å². The van der Waals surface area contributed by atoms with Crippen molar-refractivity contribution >= 4 is 0 Å². The third-order valence-corrected chi connectivity index (χ3v) is 6.66. The third-order valence-electron chi connectivity index (χ3n) is 6.66. The zero-order valence-corrected chi connectivity index (χ0v) is 23.7. The Morgan fingerprint density at radius 3 is 1.21 bits per heavy atom. The first kappa shape index (κ1) is 27.9. The van der Waals surface area contributed by atoms with E-state index in [2.05, 4.69) is 143 Å². The van der Waals surface area contributed by atoms with Gasteiger partial charge in [0.15, 0.2) is 0 Å². The summed E-state index contributed by atoms with van der Waals surface area (Å²) in [4.78, 5) is 0. The van der Waals surface area contributed by atoms with Crippen LogP contribution in [0, 0.1) is 0 Å². The molecule has 0 atom stereocenters. The maximum Gasteiger partial charge on any atom is -0.0132 e. The lowest BCUT2D eigenvalue weighted by Crippen LogP contribution is -2.10. The normalized spacial score (nSPS) is 11.9. The van der Waals surface area contributed by atoms with Gasteiger partial charge in [0.05, 0.1) is 0 Å². The Morgan fingerprint density at radius 2 is 0.824 bits per heavy atom. The summed E-state index contributed by atoms with van der Waals surface area (Å²) in [5.41, 5.74) is 10.2. The molecule has 0 bridgehead atoms. The van der Waals surface area contributed by atoms with Crippen LogP contribution in [0.2, 0.25) is 0 Å². The fourth-order valence-electron chi connectivity index (χ4n) is 4.51. The van der Waals surface area contributed by atoms with E-state index >= 15 is 0 Å². The van der Waals surface area contributed by atoms with E-state index in [-0.39, 0.29) is 5.41 Å². The van der Waals surface area contributed by atoms with Gasteiger partial charge in [-0.05, 0) is 68.0 Å². The molecule has 0 fully saturated rings. The molecule has 0 heterocycles. The summed E-state index contributed by atoms with van der Waals surface area (Å²) in [6.07, 6.45) is 0. The molecule has 0 saturated carbocycles. The van der Waals surface area contributed by atoms with E-state index in [0.717, 1.165) is 0 Å². The molecule has 184 valence electrons. The van der Waals surface area contributed by atoms with Crippen LogP contribution >= 0.6 is 0 Å². The molecule has 3 aromatic rings. The van der Waals surface area contributed by atoms with Crippen molar-refractivity contribution in [2.75, 3.05) is 0 Å². The van der Waals surface area contributed by atoms with Gasteiger partial charge in [0.2, 0.25) is 0 Å². The van der Waals surface area contributed by atoms with Crippen LogP contribution in [0.25, 0.3) is 11.1 Å². The van der Waals surface area contributed by atoms with Crippen molar-refractivity contribution in [1.29, 1.82) is 0 Å². The molecule has 0 aliphatic heterocycles. The highest BCUT2D eigenvalue weighted by molar-refractivity contribution is 5.66. The van der Waals surface area contributed by atoms with Crippen molar-refractivity contribution < 1.29 is 0 Å². The monoisotopic (exact) mass is 456 g/mol. The summed E-state index contributed by atoms with van der Waals surface area (Å²) in [5, 5.41) is 0. The fraction of sp³-hybridized carbons (Fsp3) is 0.471. The van der Waals surface area contributed by atoms with Gasteiger partial charge in [-0.2, -0.15) is 0 Å². The van der Waals surface area contributed by atoms with Crippen LogP contribution in [0.5, 0.6) is 0 Å². The number of hydrogen-bond donors (Lipinski definition) is 0. The second-order valence-corrected chi connectivity index (χ2v) is 11.9. The molecule has 0 heteroatoms. The summed E-state index contributed by atoms with van der Waals surface area (Å²) in [6.45, 7) is 24.9. The Balaban J connectivity index is 0.000000287. The van der Waals surface area contributed by atoms with Crippen LogP contribution in [0.3, 0.4) is 0 Å². The molecule has 3 rings (SSSR count). The first-order valence-electron chi connectivity index (χ1n) is 13.2. The largest absolute Gasteiger partial charge is 0.0620 e. The second kappa shape index (κ2) is 11.9. The molecule has 3 aromatic carbocycles. The third kappa shape index (κ3) is 7.33. The zero-order valence-electron chi connectivity index (χ0n) is 23.7. The number of rotatable bonds is 5. The summed E-state index contributed by atoms with van der Waals surface area (Å²) in [7, 11) is 0. The number of benzene rings is 3. The van der Waals surface area contributed by atoms with Gasteiger partial charge in [-0.3, -0.25) is 0 Å². The SMILES string of the molecule is CC(C)c1ccc(-c2ccc(C(C)(C)C)cc2)cc1C(C)C.CC(C)c1ccccc1C(C)C. The van der Waals surface area contributed by atoms with Crippen LogP contribution in [0.1, 0.15) is 128 Å². The quantitative estimate of drug-likeness (QED) is 0.358. The molecular formula is C34H48. The highest BCUT2D eigenvalue weighted by Gasteiger charge is 2.14. The standard InChI is InChI=1S/C22H30.C12H18/c1-15(2)20-13-10-18(14-21(20)16(3)4)17-8-11-19(12-9-17)22(5,6)7;1-9(2)11-7-5-6-8-12(11)10(3)4/h8-16H,1-7H3;5-10H,1-4H3. The summed E-state index contributed by atoms with van der Waals surface area (Å²) < 4.78 is 0. The van der Waals surface area contributed by atoms with Gasteiger partial charge >= 0.3 is 0 Å². The minimum absolute atomic E-state index is 0.211. The molecule has 0 aliphatic rings. The van der Waals surface area contributed by atoms with Crippen LogP contribution in [0.4, 0.5) is 0 Å². The van der Waals surface area contributed by atoms with Gasteiger partial charge in [-0.25, -0.2) is 0 Å². The van der Waals surface area contributed by atoms with E-state index in [1.54, 1.807) is 0 Å². The minimum atomic E-state index is 0.211. The van der Waals surface area contributed by atoms with Gasteiger partial charge in [-0.15, -0.1) is 0 Å². The maximum absolute atomic E-state index is 2.38. The summed E-state index contributed by atoms with van der Waals surface area (Å²) in [5.74, 6) is 2.42. The lowest BCUT2D eigenvalue weighted by molar-refractivity contribution is 0.590. The van der Waals surface area contributed by atoms with Crippen LogP contribution in [0.15, 0.2) is 66.7 Å². The van der Waals surface area contributed by atoms with E-state index in [1.807, 2.05) is 0 Å². The molecule has 0 unspecified atom stereocenters. The topological polar surface area (TPSA) is 0 Å². The molecule has 0 aromatic heterocycles. The van der Waals surface area contributed by atoms with E-state index in [9.17, 15) is 0 Å². The Hall–Kier alpha value is -2.34. The van der Waals surface area contributed by atoms with Crippen molar-refractivity contribution in [1.82, 2.24) is 0 Å². The lowest BCUT2D eigenvalue weighted by Gasteiger charge is -2.20. The van der Waals surface area contributed by atoms with E-state index in [4.69, 9.17) is 0 Å². The van der Waals surface area contributed by atoms with Gasteiger partial charge < -0.3 is 0 Å². The highest BCUT2D eigenvalue weighted by atomic mass is 14.2. The van der Waals surface area contributed by atoms with Gasteiger partial charge in [0.1, 0.15) is 0 Å². The van der Waals surface area contributed by atoms with Crippen LogP contribution in [-0.4, -0.2) is 0 Å². The average Bonchev–Trinajstić information content (AvgIpc) is 2.78. The summed E-state index contributed by atoms with van der Waals surface area (Å²) in [6, 6.07) is 24.7. The smallest absolute Gasteiger partial charge is 0.0132 e. The van der Waals surface area contributed by atoms with Crippen molar-refractivity contribution in [2.45, 2.75) is 105 Å². The number of hydrogen-bond acceptors (Lipinski definition) is 0. The van der Waals surface area contributed by atoms with Crippen molar-refractivity contribution in [2.24, 2.45) is 0 Å². The lowest BCUT2D eigenvalue weighted by atomic mass is 9.85. The molecule has 0 amide bonds. The predicted molar refractivity (Wildman–Crippen MR) is 153 cm³/mol. The Bertz CT molecular complexity index is 997. The molecule has 0 N–H and O–H groups in total. The Labute approximate surface area is 210 Å². The molecule has 0 spiro atoms. The van der Waals surface area contributed by atoms with E-state index in [1.165, 1.54) is 38.9 Å². The molecule has 0 nitrogen and oxygen atoms in total. The van der Waals surface area contributed by atoms with Crippen LogP contribution < -0.4 is 0 Å². The van der Waals surface area contributed by atoms with Gasteiger partial charge in [0, 0.05) is 0 Å². The predicted octanol–water partition coefficient (Wildman–Crippen LogP) is 10.8.